The molecule has 0 aliphatic rings. The largest absolute Gasteiger partial charge is 0.414 e. The van der Waals surface area contributed by atoms with Crippen molar-refractivity contribution in [2.45, 2.75) is 51.3 Å². The summed E-state index contributed by atoms with van der Waals surface area (Å²) < 4.78 is 35.4. The van der Waals surface area contributed by atoms with Crippen LogP contribution in [0.1, 0.15) is 39.0 Å². The first kappa shape index (κ1) is 13.5. The van der Waals surface area contributed by atoms with Gasteiger partial charge < -0.3 is 5.11 Å². The second kappa shape index (κ2) is 6.87. The molecule has 1 atom stereocenters. The monoisotopic (exact) mass is 210 g/mol. The van der Waals surface area contributed by atoms with Gasteiger partial charge in [-0.1, -0.05) is 31.9 Å². The second-order valence-corrected chi connectivity index (χ2v) is 3.26. The van der Waals surface area contributed by atoms with Gasteiger partial charge in [0.05, 0.1) is 0 Å². The lowest BCUT2D eigenvalue weighted by Crippen LogP contribution is -2.27. The molecule has 0 fully saturated rings. The summed E-state index contributed by atoms with van der Waals surface area (Å²) in [5.74, 6) is 0. The Morgan fingerprint density at radius 3 is 2.36 bits per heavy atom. The van der Waals surface area contributed by atoms with Gasteiger partial charge in [0.25, 0.3) is 0 Å². The highest BCUT2D eigenvalue weighted by Crippen LogP contribution is 2.22. The minimum absolute atomic E-state index is 0.338. The average Bonchev–Trinajstić information content (AvgIpc) is 2.09. The van der Waals surface area contributed by atoms with Crippen molar-refractivity contribution >= 4 is 0 Å². The summed E-state index contributed by atoms with van der Waals surface area (Å²) in [4.78, 5) is 0. The molecule has 0 aliphatic carbocycles. The van der Waals surface area contributed by atoms with Crippen LogP contribution < -0.4 is 0 Å². The number of aliphatic hydroxyl groups excluding tert-OH is 1. The van der Waals surface area contributed by atoms with Gasteiger partial charge in [0.15, 0.2) is 6.10 Å². The lowest BCUT2D eigenvalue weighted by Gasteiger charge is -2.11. The highest BCUT2D eigenvalue weighted by molar-refractivity contribution is 4.85. The Hall–Kier alpha value is -0.510. The molecule has 84 valence electrons. The van der Waals surface area contributed by atoms with Crippen molar-refractivity contribution in [2.75, 3.05) is 0 Å². The van der Waals surface area contributed by atoms with E-state index >= 15 is 0 Å². The van der Waals surface area contributed by atoms with E-state index in [1.165, 1.54) is 6.08 Å². The minimum atomic E-state index is -4.49. The van der Waals surface area contributed by atoms with Crippen molar-refractivity contribution in [3.05, 3.63) is 12.2 Å². The summed E-state index contributed by atoms with van der Waals surface area (Å²) in [5.41, 5.74) is 0. The molecule has 0 radical (unpaired) electrons. The van der Waals surface area contributed by atoms with Crippen LogP contribution in [0.2, 0.25) is 0 Å². The van der Waals surface area contributed by atoms with Crippen LogP contribution in [-0.4, -0.2) is 17.4 Å². The molecular weight excluding hydrogens is 193 g/mol. The zero-order valence-corrected chi connectivity index (χ0v) is 8.35. The molecule has 14 heavy (non-hydrogen) atoms. The summed E-state index contributed by atoms with van der Waals surface area (Å²) in [6, 6.07) is 0. The third-order valence-electron chi connectivity index (χ3n) is 1.88. The first-order valence-electron chi connectivity index (χ1n) is 4.88. The van der Waals surface area contributed by atoms with Crippen molar-refractivity contribution in [1.82, 2.24) is 0 Å². The van der Waals surface area contributed by atoms with Gasteiger partial charge in [-0.3, -0.25) is 0 Å². The Morgan fingerprint density at radius 1 is 1.21 bits per heavy atom. The lowest BCUT2D eigenvalue weighted by atomic mass is 10.1. The molecule has 0 bridgehead atoms. The van der Waals surface area contributed by atoms with Crippen molar-refractivity contribution in [2.24, 2.45) is 0 Å². The van der Waals surface area contributed by atoms with Gasteiger partial charge in [0, 0.05) is 6.42 Å². The fraction of sp³-hybridized carbons (Fsp3) is 0.800. The van der Waals surface area contributed by atoms with Gasteiger partial charge in [-0.25, -0.2) is 0 Å². The summed E-state index contributed by atoms with van der Waals surface area (Å²) in [6.45, 7) is 2.07. The molecule has 0 aliphatic heterocycles. The molecule has 0 aromatic heterocycles. The number of aliphatic hydroxyl groups is 1. The number of alkyl halides is 3. The van der Waals surface area contributed by atoms with Gasteiger partial charge in [-0.05, 0) is 12.8 Å². The normalized spacial score (nSPS) is 14.9. The molecule has 0 spiro atoms. The smallest absolute Gasteiger partial charge is 0.383 e. The first-order valence-corrected chi connectivity index (χ1v) is 4.88. The van der Waals surface area contributed by atoms with Crippen LogP contribution in [0.4, 0.5) is 13.2 Å². The van der Waals surface area contributed by atoms with E-state index in [-0.39, 0.29) is 6.42 Å². The van der Waals surface area contributed by atoms with Gasteiger partial charge in [-0.15, -0.1) is 0 Å². The van der Waals surface area contributed by atoms with Gasteiger partial charge in [0.1, 0.15) is 0 Å². The zero-order chi connectivity index (χ0) is 11.0. The molecule has 4 heteroatoms. The molecule has 1 nitrogen and oxygen atoms in total. The standard InChI is InChI=1S/C10H17F3O/c1-2-3-4-5-6-7-8-9(14)10(11,12)13/h6-7,9,14H,2-5,8H2,1H3/b7-6+. The van der Waals surface area contributed by atoms with Crippen LogP contribution in [-0.2, 0) is 0 Å². The highest BCUT2D eigenvalue weighted by Gasteiger charge is 2.36. The fourth-order valence-electron chi connectivity index (χ4n) is 0.989. The number of hydrogen-bond donors (Lipinski definition) is 1. The van der Waals surface area contributed by atoms with Crippen LogP contribution in [0.5, 0.6) is 0 Å². The molecule has 1 unspecified atom stereocenters. The fourth-order valence-corrected chi connectivity index (χ4v) is 0.989. The van der Waals surface area contributed by atoms with Crippen molar-refractivity contribution in [1.29, 1.82) is 0 Å². The second-order valence-electron chi connectivity index (χ2n) is 3.26. The van der Waals surface area contributed by atoms with Crippen molar-refractivity contribution in [3.8, 4) is 0 Å². The van der Waals surface area contributed by atoms with Crippen LogP contribution in [0.15, 0.2) is 12.2 Å². The number of halogens is 3. The summed E-state index contributed by atoms with van der Waals surface area (Å²) in [7, 11) is 0. The number of unbranched alkanes of at least 4 members (excludes halogenated alkanes) is 3. The van der Waals surface area contributed by atoms with E-state index in [0.29, 0.717) is 0 Å². The first-order chi connectivity index (χ1) is 6.48. The maximum atomic E-state index is 11.8. The molecule has 0 rings (SSSR count). The topological polar surface area (TPSA) is 20.2 Å². The summed E-state index contributed by atoms with van der Waals surface area (Å²) in [6.07, 6.45) is 0.0190. The molecule has 0 saturated carbocycles. The maximum absolute atomic E-state index is 11.8. The van der Waals surface area contributed by atoms with Crippen molar-refractivity contribution < 1.29 is 18.3 Å². The molecule has 0 aromatic rings. The van der Waals surface area contributed by atoms with E-state index in [2.05, 4.69) is 6.92 Å². The minimum Gasteiger partial charge on any atom is -0.383 e. The molecule has 0 amide bonds. The van der Waals surface area contributed by atoms with E-state index in [9.17, 15) is 13.2 Å². The van der Waals surface area contributed by atoms with Crippen LogP contribution in [0.3, 0.4) is 0 Å². The number of allylic oxidation sites excluding steroid dienone is 1. The molecule has 0 aromatic carbocycles. The third kappa shape index (κ3) is 6.95. The predicted molar refractivity (Wildman–Crippen MR) is 50.0 cm³/mol. The van der Waals surface area contributed by atoms with E-state index in [1.54, 1.807) is 6.08 Å². The third-order valence-corrected chi connectivity index (χ3v) is 1.88. The average molecular weight is 210 g/mol. The Balaban J connectivity index is 3.51. The van der Waals surface area contributed by atoms with E-state index in [1.807, 2.05) is 0 Å². The van der Waals surface area contributed by atoms with Gasteiger partial charge in [0.2, 0.25) is 0 Å². The number of hydrogen-bond acceptors (Lipinski definition) is 1. The molecule has 1 N–H and O–H groups in total. The van der Waals surface area contributed by atoms with Crippen LogP contribution in [0.25, 0.3) is 0 Å². The Morgan fingerprint density at radius 2 is 1.86 bits per heavy atom. The molecule has 0 saturated heterocycles. The molecule has 0 heterocycles. The van der Waals surface area contributed by atoms with E-state index < -0.39 is 12.3 Å². The maximum Gasteiger partial charge on any atom is 0.414 e. The van der Waals surface area contributed by atoms with E-state index in [4.69, 9.17) is 5.11 Å². The van der Waals surface area contributed by atoms with Gasteiger partial charge in [-0.2, -0.15) is 13.2 Å². The summed E-state index contributed by atoms with van der Waals surface area (Å²) in [5, 5.41) is 8.61. The zero-order valence-electron chi connectivity index (χ0n) is 8.35. The predicted octanol–water partition coefficient (Wildman–Crippen LogP) is 3.44. The highest BCUT2D eigenvalue weighted by atomic mass is 19.4. The Kier molecular flexibility index (Phi) is 6.62. The van der Waals surface area contributed by atoms with Crippen LogP contribution >= 0.6 is 0 Å². The summed E-state index contributed by atoms with van der Waals surface area (Å²) >= 11 is 0. The SMILES string of the molecule is CCCCC/C=C/CC(O)C(F)(F)F. The Labute approximate surface area is 82.6 Å². The quantitative estimate of drug-likeness (QED) is 0.526. The van der Waals surface area contributed by atoms with Crippen LogP contribution in [0, 0.1) is 0 Å². The van der Waals surface area contributed by atoms with Gasteiger partial charge >= 0.3 is 6.18 Å². The van der Waals surface area contributed by atoms with E-state index in [0.717, 1.165) is 25.7 Å². The number of rotatable bonds is 6. The Bertz CT molecular complexity index is 163. The molecular formula is C10H17F3O. The lowest BCUT2D eigenvalue weighted by molar-refractivity contribution is -0.202. The van der Waals surface area contributed by atoms with Crippen molar-refractivity contribution in [3.63, 3.8) is 0 Å².